The first-order valence-electron chi connectivity index (χ1n) is 9.63. The number of ether oxygens (including phenoxy) is 1. The van der Waals surface area contributed by atoms with Crippen LogP contribution in [0.2, 0.25) is 0 Å². The van der Waals surface area contributed by atoms with Crippen molar-refractivity contribution in [2.75, 3.05) is 49.8 Å². The Morgan fingerprint density at radius 1 is 1.33 bits per heavy atom. The first-order valence-corrected chi connectivity index (χ1v) is 10.9. The number of carbonyl (C=O) groups excluding carboxylic acids is 2. The van der Waals surface area contributed by atoms with Gasteiger partial charge in [-0.15, -0.1) is 0 Å². The molecule has 0 atom stereocenters. The van der Waals surface area contributed by atoms with Crippen molar-refractivity contribution in [1.82, 2.24) is 15.3 Å². The van der Waals surface area contributed by atoms with Crippen molar-refractivity contribution in [2.45, 2.75) is 24.4 Å². The third-order valence-electron chi connectivity index (χ3n) is 5.22. The molecule has 0 aliphatic carbocycles. The number of nitrogens with one attached hydrogen (secondary N) is 1. The lowest BCUT2D eigenvalue weighted by Gasteiger charge is -2.28. The number of fused-ring (bicyclic) bond motifs is 1. The summed E-state index contributed by atoms with van der Waals surface area (Å²) in [6.45, 7) is 5.67. The van der Waals surface area contributed by atoms with Gasteiger partial charge >= 0.3 is 6.09 Å². The van der Waals surface area contributed by atoms with E-state index >= 15 is 0 Å². The number of carbonyl (C=O) groups is 2. The number of hydrogen-bond acceptors (Lipinski definition) is 7. The summed E-state index contributed by atoms with van der Waals surface area (Å²) in [4.78, 5) is 37.4. The highest BCUT2D eigenvalue weighted by Gasteiger charge is 2.29. The van der Waals surface area contributed by atoms with Gasteiger partial charge in [0.2, 0.25) is 0 Å². The number of nitrogens with zero attached hydrogens (tertiary/aromatic N) is 4. The van der Waals surface area contributed by atoms with Crippen LogP contribution >= 0.6 is 11.8 Å². The summed E-state index contributed by atoms with van der Waals surface area (Å²) in [7, 11) is 3.28. The summed E-state index contributed by atoms with van der Waals surface area (Å²) in [5.74, 6) is 0.533. The maximum atomic E-state index is 13.3. The van der Waals surface area contributed by atoms with Gasteiger partial charge in [0, 0.05) is 44.0 Å². The molecule has 1 aliphatic rings. The zero-order chi connectivity index (χ0) is 21.9. The summed E-state index contributed by atoms with van der Waals surface area (Å²) in [5, 5.41) is 3.39. The first-order chi connectivity index (χ1) is 14.3. The second-order valence-corrected chi connectivity index (χ2v) is 8.53. The van der Waals surface area contributed by atoms with Gasteiger partial charge in [0.15, 0.2) is 5.16 Å². The molecule has 2 aromatic rings. The quantitative estimate of drug-likeness (QED) is 0.577. The van der Waals surface area contributed by atoms with Crippen LogP contribution in [0.15, 0.2) is 35.6 Å². The molecule has 1 aromatic carbocycles. The fourth-order valence-corrected chi connectivity index (χ4v) is 3.64. The SMILES string of the molecule is COC(=O)NCC(C)(C)c1cccc(N2CCN(C)c3nc(SC)ncc3C2=O)c1. The number of benzene rings is 1. The van der Waals surface area contributed by atoms with E-state index in [-0.39, 0.29) is 11.3 Å². The van der Waals surface area contributed by atoms with Crippen molar-refractivity contribution in [1.29, 1.82) is 0 Å². The predicted octanol–water partition coefficient (Wildman–Crippen LogP) is 2.93. The Labute approximate surface area is 181 Å². The van der Waals surface area contributed by atoms with Crippen LogP contribution in [0.25, 0.3) is 0 Å². The molecule has 0 unspecified atom stereocenters. The Morgan fingerprint density at radius 3 is 2.80 bits per heavy atom. The minimum Gasteiger partial charge on any atom is -0.453 e. The lowest BCUT2D eigenvalue weighted by molar-refractivity contribution is 0.0989. The molecule has 1 aromatic heterocycles. The highest BCUT2D eigenvalue weighted by Crippen LogP contribution is 2.30. The van der Waals surface area contributed by atoms with E-state index in [1.54, 1.807) is 11.1 Å². The van der Waals surface area contributed by atoms with Crippen LogP contribution in [-0.4, -0.2) is 62.0 Å². The lowest BCUT2D eigenvalue weighted by atomic mass is 9.84. The minimum atomic E-state index is -0.466. The monoisotopic (exact) mass is 429 g/mol. The van der Waals surface area contributed by atoms with E-state index in [9.17, 15) is 9.59 Å². The van der Waals surface area contributed by atoms with Crippen LogP contribution in [0.4, 0.5) is 16.3 Å². The predicted molar refractivity (Wildman–Crippen MR) is 119 cm³/mol. The van der Waals surface area contributed by atoms with E-state index in [4.69, 9.17) is 0 Å². The highest BCUT2D eigenvalue weighted by molar-refractivity contribution is 7.98. The summed E-state index contributed by atoms with van der Waals surface area (Å²) >= 11 is 1.45. The van der Waals surface area contributed by atoms with Crippen LogP contribution < -0.4 is 15.1 Å². The Bertz CT molecular complexity index is 950. The second kappa shape index (κ2) is 8.91. The third-order valence-corrected chi connectivity index (χ3v) is 5.79. The second-order valence-electron chi connectivity index (χ2n) is 7.75. The van der Waals surface area contributed by atoms with Crippen molar-refractivity contribution >= 4 is 35.3 Å². The van der Waals surface area contributed by atoms with Gasteiger partial charge in [-0.05, 0) is 24.0 Å². The van der Waals surface area contributed by atoms with Gasteiger partial charge in [-0.1, -0.05) is 37.7 Å². The molecule has 0 bridgehead atoms. The van der Waals surface area contributed by atoms with Crippen LogP contribution in [0.5, 0.6) is 0 Å². The molecular formula is C21H27N5O3S. The van der Waals surface area contributed by atoms with Crippen molar-refractivity contribution in [2.24, 2.45) is 0 Å². The fourth-order valence-electron chi connectivity index (χ4n) is 3.31. The van der Waals surface area contributed by atoms with E-state index in [1.807, 2.05) is 56.3 Å². The standard InChI is InChI=1S/C21H27N5O3S/c1-21(2,13-23-20(28)29-4)14-7-6-8-15(11-14)26-10-9-25(3)17-16(18(26)27)12-22-19(24-17)30-5/h6-8,11-12H,9-10,13H2,1-5H3,(H,23,28). The van der Waals surface area contributed by atoms with E-state index < -0.39 is 6.09 Å². The van der Waals surface area contributed by atoms with E-state index in [0.717, 1.165) is 11.3 Å². The topological polar surface area (TPSA) is 87.7 Å². The molecule has 0 spiro atoms. The Balaban J connectivity index is 1.91. The van der Waals surface area contributed by atoms with E-state index in [0.29, 0.717) is 36.2 Å². The van der Waals surface area contributed by atoms with E-state index in [2.05, 4.69) is 20.0 Å². The van der Waals surface area contributed by atoms with E-state index in [1.165, 1.54) is 18.9 Å². The third kappa shape index (κ3) is 4.51. The van der Waals surface area contributed by atoms with Gasteiger partial charge in [0.05, 0.1) is 7.11 Å². The zero-order valence-electron chi connectivity index (χ0n) is 17.9. The summed E-state index contributed by atoms with van der Waals surface area (Å²) in [5.41, 5.74) is 1.96. The Kier molecular flexibility index (Phi) is 6.50. The summed E-state index contributed by atoms with van der Waals surface area (Å²) < 4.78 is 4.67. The summed E-state index contributed by atoms with van der Waals surface area (Å²) in [6, 6.07) is 7.85. The van der Waals surface area contributed by atoms with Gasteiger partial charge in [0.25, 0.3) is 5.91 Å². The van der Waals surface area contributed by atoms with Crippen LogP contribution in [0.1, 0.15) is 29.8 Å². The molecule has 2 heterocycles. The highest BCUT2D eigenvalue weighted by atomic mass is 32.2. The first kappa shape index (κ1) is 21.9. The smallest absolute Gasteiger partial charge is 0.406 e. The number of amides is 2. The van der Waals surface area contributed by atoms with Crippen molar-refractivity contribution in [3.8, 4) is 0 Å². The number of thioether (sulfide) groups is 1. The number of likely N-dealkylation sites (N-methyl/N-ethyl adjacent to an activating group) is 1. The Morgan fingerprint density at radius 2 is 2.10 bits per heavy atom. The molecule has 3 rings (SSSR count). The van der Waals surface area contributed by atoms with Crippen LogP contribution in [0.3, 0.4) is 0 Å². The molecule has 0 saturated carbocycles. The zero-order valence-corrected chi connectivity index (χ0v) is 18.7. The normalized spacial score (nSPS) is 14.2. The maximum Gasteiger partial charge on any atom is 0.406 e. The molecule has 9 heteroatoms. The van der Waals surface area contributed by atoms with Crippen molar-refractivity contribution in [3.05, 3.63) is 41.6 Å². The molecular weight excluding hydrogens is 402 g/mol. The van der Waals surface area contributed by atoms with Crippen LogP contribution in [-0.2, 0) is 10.2 Å². The molecule has 0 saturated heterocycles. The number of alkyl carbamates (subject to hydrolysis) is 1. The maximum absolute atomic E-state index is 13.3. The molecule has 0 fully saturated rings. The average molecular weight is 430 g/mol. The Hall–Kier alpha value is -2.81. The van der Waals surface area contributed by atoms with Gasteiger partial charge < -0.3 is 19.9 Å². The number of aromatic nitrogens is 2. The van der Waals surface area contributed by atoms with Gasteiger partial charge in [-0.25, -0.2) is 14.8 Å². The molecule has 30 heavy (non-hydrogen) atoms. The van der Waals surface area contributed by atoms with Crippen LogP contribution in [0, 0.1) is 0 Å². The molecule has 1 N–H and O–H groups in total. The average Bonchev–Trinajstić information content (AvgIpc) is 2.88. The fraction of sp³-hybridized carbons (Fsp3) is 0.429. The van der Waals surface area contributed by atoms with Gasteiger partial charge in [0.1, 0.15) is 11.4 Å². The number of methoxy groups -OCH3 is 1. The number of hydrogen-bond donors (Lipinski definition) is 1. The molecule has 1 aliphatic heterocycles. The molecule has 2 amide bonds. The van der Waals surface area contributed by atoms with Gasteiger partial charge in [-0.3, -0.25) is 4.79 Å². The number of anilines is 2. The molecule has 8 nitrogen and oxygen atoms in total. The number of rotatable bonds is 5. The molecule has 160 valence electrons. The minimum absolute atomic E-state index is 0.121. The van der Waals surface area contributed by atoms with Crippen molar-refractivity contribution in [3.63, 3.8) is 0 Å². The lowest BCUT2D eigenvalue weighted by Crippen LogP contribution is -2.37. The van der Waals surface area contributed by atoms with Gasteiger partial charge in [-0.2, -0.15) is 0 Å². The van der Waals surface area contributed by atoms with Crippen molar-refractivity contribution < 1.29 is 14.3 Å². The largest absolute Gasteiger partial charge is 0.453 e. The summed E-state index contributed by atoms with van der Waals surface area (Å²) in [6.07, 6.45) is 3.06. The molecule has 0 radical (unpaired) electrons.